The number of fused-ring (bicyclic) bond motifs is 1. The smallest absolute Gasteiger partial charge is 0.318 e. The topological polar surface area (TPSA) is 83.3 Å². The minimum absolute atomic E-state index is 0.0326. The largest absolute Gasteiger partial charge is 0.406 e. The van der Waals surface area contributed by atoms with E-state index in [0.717, 1.165) is 19.4 Å². The number of rotatable bonds is 3. The van der Waals surface area contributed by atoms with Crippen LogP contribution >= 0.6 is 0 Å². The summed E-state index contributed by atoms with van der Waals surface area (Å²) in [6, 6.07) is 0.716. The Bertz CT molecular complexity index is 474. The molecule has 0 bridgehead atoms. The molecule has 0 aliphatic carbocycles. The molecule has 2 fully saturated rings. The summed E-state index contributed by atoms with van der Waals surface area (Å²) in [5, 5.41) is 14.2. The van der Waals surface area contributed by atoms with Crippen molar-refractivity contribution in [2.45, 2.75) is 31.8 Å². The van der Waals surface area contributed by atoms with Gasteiger partial charge in [-0.2, -0.15) is 0 Å². The molecule has 0 spiro atoms. The molecule has 7 nitrogen and oxygen atoms in total. The summed E-state index contributed by atoms with van der Waals surface area (Å²) in [6.45, 7) is 3.51. The Kier molecular flexibility index (Phi) is 3.14. The molecule has 3 atom stereocenters. The predicted octanol–water partition coefficient (Wildman–Crippen LogP) is 0.0648. The van der Waals surface area contributed by atoms with E-state index in [1.807, 2.05) is 14.0 Å². The first kappa shape index (κ1) is 12.4. The van der Waals surface area contributed by atoms with Crippen LogP contribution < -0.4 is 15.5 Å². The number of hydrogen-bond donors (Lipinski definition) is 2. The van der Waals surface area contributed by atoms with Crippen molar-refractivity contribution < 1.29 is 9.21 Å². The molecule has 3 unspecified atom stereocenters. The number of anilines is 1. The van der Waals surface area contributed by atoms with Crippen molar-refractivity contribution in [3.05, 3.63) is 5.89 Å². The Morgan fingerprint density at radius 1 is 1.53 bits per heavy atom. The van der Waals surface area contributed by atoms with Crippen molar-refractivity contribution in [3.63, 3.8) is 0 Å². The standard InChI is InChI=1S/C12H19N5O2/c1-7(13-2)11-15-16-12(19-11)17-5-3-4-8-9(17)6-14-10(8)18/h7-9,13H,3-6H2,1-2H3,(H,14,18). The van der Waals surface area contributed by atoms with Crippen molar-refractivity contribution >= 4 is 11.9 Å². The highest BCUT2D eigenvalue weighted by Crippen LogP contribution is 2.31. The maximum atomic E-state index is 11.7. The highest BCUT2D eigenvalue weighted by Gasteiger charge is 2.42. The number of amides is 1. The van der Waals surface area contributed by atoms with Gasteiger partial charge in [0, 0.05) is 13.1 Å². The Hall–Kier alpha value is -1.63. The predicted molar refractivity (Wildman–Crippen MR) is 68.6 cm³/mol. The van der Waals surface area contributed by atoms with E-state index in [0.29, 0.717) is 18.5 Å². The van der Waals surface area contributed by atoms with Crippen LogP contribution in [-0.2, 0) is 4.79 Å². The Morgan fingerprint density at radius 2 is 2.37 bits per heavy atom. The third-order valence-electron chi connectivity index (χ3n) is 4.08. The van der Waals surface area contributed by atoms with Gasteiger partial charge in [0.05, 0.1) is 18.0 Å². The molecule has 19 heavy (non-hydrogen) atoms. The lowest BCUT2D eigenvalue weighted by molar-refractivity contribution is -0.123. The number of carbonyl (C=O) groups is 1. The quantitative estimate of drug-likeness (QED) is 0.804. The fourth-order valence-electron chi connectivity index (χ4n) is 2.83. The summed E-state index contributed by atoms with van der Waals surface area (Å²) >= 11 is 0. The molecule has 3 rings (SSSR count). The zero-order valence-corrected chi connectivity index (χ0v) is 11.2. The van der Waals surface area contributed by atoms with E-state index in [1.165, 1.54) is 0 Å². The first-order valence-corrected chi connectivity index (χ1v) is 6.75. The number of carbonyl (C=O) groups excluding carboxylic acids is 1. The van der Waals surface area contributed by atoms with Gasteiger partial charge in [-0.3, -0.25) is 4.79 Å². The summed E-state index contributed by atoms with van der Waals surface area (Å²) in [6.07, 6.45) is 1.93. The van der Waals surface area contributed by atoms with Gasteiger partial charge in [-0.05, 0) is 26.8 Å². The monoisotopic (exact) mass is 265 g/mol. The van der Waals surface area contributed by atoms with Gasteiger partial charge in [-0.1, -0.05) is 5.10 Å². The summed E-state index contributed by atoms with van der Waals surface area (Å²) < 4.78 is 5.72. The SMILES string of the molecule is CNC(C)c1nnc(N2CCCC3C(=O)NCC32)o1. The average Bonchev–Trinajstić information content (AvgIpc) is 3.05. The summed E-state index contributed by atoms with van der Waals surface area (Å²) in [7, 11) is 1.85. The van der Waals surface area contributed by atoms with Crippen LogP contribution in [0.15, 0.2) is 4.42 Å². The molecule has 0 aromatic carbocycles. The molecule has 2 aliphatic heterocycles. The van der Waals surface area contributed by atoms with Crippen LogP contribution in [0.4, 0.5) is 6.01 Å². The minimum atomic E-state index is 0.0326. The van der Waals surface area contributed by atoms with Gasteiger partial charge in [0.15, 0.2) is 0 Å². The van der Waals surface area contributed by atoms with Crippen molar-refractivity contribution in [2.24, 2.45) is 5.92 Å². The normalized spacial score (nSPS) is 28.1. The van der Waals surface area contributed by atoms with Gasteiger partial charge in [-0.15, -0.1) is 5.10 Å². The molecule has 1 aromatic heterocycles. The molecule has 7 heteroatoms. The zero-order valence-electron chi connectivity index (χ0n) is 11.2. The molecule has 1 amide bonds. The van der Waals surface area contributed by atoms with Crippen LogP contribution in [0.5, 0.6) is 0 Å². The molecular weight excluding hydrogens is 246 g/mol. The first-order chi connectivity index (χ1) is 9.20. The number of hydrogen-bond acceptors (Lipinski definition) is 6. The fraction of sp³-hybridized carbons (Fsp3) is 0.750. The van der Waals surface area contributed by atoms with Gasteiger partial charge in [0.2, 0.25) is 11.8 Å². The van der Waals surface area contributed by atoms with Crippen molar-refractivity contribution in [2.75, 3.05) is 25.0 Å². The zero-order chi connectivity index (χ0) is 13.4. The van der Waals surface area contributed by atoms with Crippen LogP contribution in [0.3, 0.4) is 0 Å². The first-order valence-electron chi connectivity index (χ1n) is 6.75. The molecule has 2 saturated heterocycles. The maximum Gasteiger partial charge on any atom is 0.318 e. The number of piperidine rings is 1. The van der Waals surface area contributed by atoms with Gasteiger partial charge >= 0.3 is 6.01 Å². The summed E-state index contributed by atoms with van der Waals surface area (Å²) in [4.78, 5) is 13.8. The minimum Gasteiger partial charge on any atom is -0.406 e. The second-order valence-electron chi connectivity index (χ2n) is 5.19. The van der Waals surface area contributed by atoms with Crippen LogP contribution in [-0.4, -0.2) is 42.3 Å². The maximum absolute atomic E-state index is 11.7. The Morgan fingerprint density at radius 3 is 3.16 bits per heavy atom. The van der Waals surface area contributed by atoms with Crippen LogP contribution in [0.1, 0.15) is 31.7 Å². The lowest BCUT2D eigenvalue weighted by Gasteiger charge is -2.34. The van der Waals surface area contributed by atoms with E-state index in [2.05, 4.69) is 25.7 Å². The molecule has 2 N–H and O–H groups in total. The van der Waals surface area contributed by atoms with E-state index >= 15 is 0 Å². The van der Waals surface area contributed by atoms with Crippen LogP contribution in [0.25, 0.3) is 0 Å². The Labute approximate surface area is 111 Å². The van der Waals surface area contributed by atoms with Crippen molar-refractivity contribution in [1.29, 1.82) is 0 Å². The van der Waals surface area contributed by atoms with E-state index < -0.39 is 0 Å². The number of nitrogens with one attached hydrogen (secondary N) is 2. The Balaban J connectivity index is 1.81. The molecule has 1 aromatic rings. The van der Waals surface area contributed by atoms with E-state index in [-0.39, 0.29) is 23.9 Å². The van der Waals surface area contributed by atoms with Gasteiger partial charge in [0.1, 0.15) is 0 Å². The summed E-state index contributed by atoms with van der Waals surface area (Å²) in [5.41, 5.74) is 0. The molecule has 2 aliphatic rings. The molecule has 0 saturated carbocycles. The van der Waals surface area contributed by atoms with E-state index in [4.69, 9.17) is 4.42 Å². The highest BCUT2D eigenvalue weighted by molar-refractivity contribution is 5.82. The second kappa shape index (κ2) is 4.80. The third kappa shape index (κ3) is 2.07. The van der Waals surface area contributed by atoms with Crippen molar-refractivity contribution in [3.8, 4) is 0 Å². The van der Waals surface area contributed by atoms with E-state index in [1.54, 1.807) is 0 Å². The molecule has 3 heterocycles. The fourth-order valence-corrected chi connectivity index (χ4v) is 2.83. The number of nitrogens with zero attached hydrogens (tertiary/aromatic N) is 3. The molecule has 0 radical (unpaired) electrons. The third-order valence-corrected chi connectivity index (χ3v) is 4.08. The average molecular weight is 265 g/mol. The molecule has 104 valence electrons. The molecular formula is C12H19N5O2. The van der Waals surface area contributed by atoms with Crippen LogP contribution in [0, 0.1) is 5.92 Å². The van der Waals surface area contributed by atoms with Gasteiger partial charge < -0.3 is 20.0 Å². The van der Waals surface area contributed by atoms with E-state index in [9.17, 15) is 4.79 Å². The second-order valence-corrected chi connectivity index (χ2v) is 5.19. The lowest BCUT2D eigenvalue weighted by Crippen LogP contribution is -2.45. The summed E-state index contributed by atoms with van der Waals surface area (Å²) in [5.74, 6) is 0.792. The van der Waals surface area contributed by atoms with Gasteiger partial charge in [-0.25, -0.2) is 0 Å². The van der Waals surface area contributed by atoms with Crippen molar-refractivity contribution in [1.82, 2.24) is 20.8 Å². The van der Waals surface area contributed by atoms with Gasteiger partial charge in [0.25, 0.3) is 0 Å². The lowest BCUT2D eigenvalue weighted by atomic mass is 9.92. The highest BCUT2D eigenvalue weighted by atomic mass is 16.4. The number of aromatic nitrogens is 2. The van der Waals surface area contributed by atoms with Crippen LogP contribution in [0.2, 0.25) is 0 Å².